The molecular formula is C19H23N5O. The topological polar surface area (TPSA) is 76.7 Å². The highest BCUT2D eigenvalue weighted by molar-refractivity contribution is 5.56. The van der Waals surface area contributed by atoms with Crippen LogP contribution in [0.1, 0.15) is 36.1 Å². The van der Waals surface area contributed by atoms with Crippen LogP contribution in [-0.4, -0.2) is 26.7 Å². The monoisotopic (exact) mass is 337 g/mol. The molecule has 3 aromatic heterocycles. The molecule has 130 valence electrons. The molecule has 0 aliphatic rings. The summed E-state index contributed by atoms with van der Waals surface area (Å²) < 4.78 is 5.21. The average molecular weight is 337 g/mol. The van der Waals surface area contributed by atoms with Crippen molar-refractivity contribution < 1.29 is 4.52 Å². The Hall–Kier alpha value is -2.76. The van der Waals surface area contributed by atoms with Gasteiger partial charge in [-0.3, -0.25) is 4.98 Å². The molecule has 0 fully saturated rings. The molecule has 0 aromatic carbocycles. The molecular weight excluding hydrogens is 314 g/mol. The molecule has 0 saturated carbocycles. The van der Waals surface area contributed by atoms with Crippen LogP contribution in [0.5, 0.6) is 0 Å². The van der Waals surface area contributed by atoms with E-state index in [1.165, 1.54) is 5.56 Å². The fourth-order valence-corrected chi connectivity index (χ4v) is 2.74. The zero-order valence-electron chi connectivity index (χ0n) is 14.9. The standard InChI is InChI=1S/C19H23N5O/c1-4-16-12-18(23-19(22-16)15-7-10-20-11-8-15)21-9-5-6-17-13(2)24-25-14(17)3/h7-8,10-12H,4-6,9H2,1-3H3,(H,21,22,23). The van der Waals surface area contributed by atoms with E-state index in [4.69, 9.17) is 4.52 Å². The lowest BCUT2D eigenvalue weighted by Crippen LogP contribution is -2.07. The van der Waals surface area contributed by atoms with E-state index in [-0.39, 0.29) is 0 Å². The minimum absolute atomic E-state index is 0.731. The highest BCUT2D eigenvalue weighted by Crippen LogP contribution is 2.18. The molecule has 3 rings (SSSR count). The van der Waals surface area contributed by atoms with E-state index < -0.39 is 0 Å². The molecule has 0 unspecified atom stereocenters. The van der Waals surface area contributed by atoms with Gasteiger partial charge in [0.15, 0.2) is 5.82 Å². The van der Waals surface area contributed by atoms with Crippen LogP contribution in [0.4, 0.5) is 5.82 Å². The summed E-state index contributed by atoms with van der Waals surface area (Å²) in [4.78, 5) is 13.3. The zero-order chi connectivity index (χ0) is 17.6. The first kappa shape index (κ1) is 17.1. The number of anilines is 1. The van der Waals surface area contributed by atoms with Crippen molar-refractivity contribution in [2.75, 3.05) is 11.9 Å². The Morgan fingerprint density at radius 3 is 2.60 bits per heavy atom. The number of pyridine rings is 1. The van der Waals surface area contributed by atoms with E-state index in [0.717, 1.165) is 60.2 Å². The summed E-state index contributed by atoms with van der Waals surface area (Å²) in [6.45, 7) is 6.87. The van der Waals surface area contributed by atoms with Gasteiger partial charge in [-0.05, 0) is 45.2 Å². The molecule has 0 spiro atoms. The van der Waals surface area contributed by atoms with Crippen LogP contribution in [0.2, 0.25) is 0 Å². The van der Waals surface area contributed by atoms with Crippen molar-refractivity contribution in [3.63, 3.8) is 0 Å². The van der Waals surface area contributed by atoms with Gasteiger partial charge in [0, 0.05) is 41.8 Å². The van der Waals surface area contributed by atoms with Crippen molar-refractivity contribution in [2.45, 2.75) is 40.0 Å². The Balaban J connectivity index is 1.66. The van der Waals surface area contributed by atoms with Crippen LogP contribution in [0, 0.1) is 13.8 Å². The summed E-state index contributed by atoms with van der Waals surface area (Å²) in [5, 5.41) is 7.41. The molecule has 0 aliphatic carbocycles. The summed E-state index contributed by atoms with van der Waals surface area (Å²) >= 11 is 0. The van der Waals surface area contributed by atoms with Gasteiger partial charge >= 0.3 is 0 Å². The molecule has 6 heteroatoms. The maximum Gasteiger partial charge on any atom is 0.161 e. The van der Waals surface area contributed by atoms with Gasteiger partial charge in [-0.2, -0.15) is 0 Å². The number of nitrogens with one attached hydrogen (secondary N) is 1. The van der Waals surface area contributed by atoms with Crippen molar-refractivity contribution in [3.8, 4) is 11.4 Å². The maximum atomic E-state index is 5.21. The molecule has 6 nitrogen and oxygen atoms in total. The number of aryl methyl sites for hydroxylation is 3. The van der Waals surface area contributed by atoms with Crippen LogP contribution in [0.3, 0.4) is 0 Å². The highest BCUT2D eigenvalue weighted by atomic mass is 16.5. The van der Waals surface area contributed by atoms with Crippen molar-refractivity contribution in [2.24, 2.45) is 0 Å². The quantitative estimate of drug-likeness (QED) is 0.662. The molecule has 0 saturated heterocycles. The smallest absolute Gasteiger partial charge is 0.161 e. The largest absolute Gasteiger partial charge is 0.370 e. The third-order valence-corrected chi connectivity index (χ3v) is 4.17. The molecule has 3 heterocycles. The van der Waals surface area contributed by atoms with E-state index in [1.807, 2.05) is 32.0 Å². The van der Waals surface area contributed by atoms with E-state index >= 15 is 0 Å². The molecule has 0 radical (unpaired) electrons. The second-order valence-corrected chi connectivity index (χ2v) is 5.99. The van der Waals surface area contributed by atoms with Gasteiger partial charge < -0.3 is 9.84 Å². The van der Waals surface area contributed by atoms with Crippen LogP contribution >= 0.6 is 0 Å². The predicted octanol–water partition coefficient (Wildman–Crippen LogP) is 3.75. The first-order valence-corrected chi connectivity index (χ1v) is 8.61. The maximum absolute atomic E-state index is 5.21. The van der Waals surface area contributed by atoms with Crippen LogP contribution in [0.15, 0.2) is 35.1 Å². The van der Waals surface area contributed by atoms with Crippen LogP contribution < -0.4 is 5.32 Å². The van der Waals surface area contributed by atoms with E-state index in [9.17, 15) is 0 Å². The summed E-state index contributed by atoms with van der Waals surface area (Å²) in [7, 11) is 0. The van der Waals surface area contributed by atoms with Crippen LogP contribution in [0.25, 0.3) is 11.4 Å². The Morgan fingerprint density at radius 1 is 1.12 bits per heavy atom. The van der Waals surface area contributed by atoms with Gasteiger partial charge in [-0.15, -0.1) is 0 Å². The summed E-state index contributed by atoms with van der Waals surface area (Å²) in [5.41, 5.74) is 4.18. The Morgan fingerprint density at radius 2 is 1.92 bits per heavy atom. The lowest BCUT2D eigenvalue weighted by atomic mass is 10.1. The summed E-state index contributed by atoms with van der Waals surface area (Å²) in [6, 6.07) is 5.87. The van der Waals surface area contributed by atoms with E-state index in [2.05, 4.69) is 32.3 Å². The summed E-state index contributed by atoms with van der Waals surface area (Å²) in [6.07, 6.45) is 6.31. The fraction of sp³-hybridized carbons (Fsp3) is 0.368. The molecule has 0 aliphatic heterocycles. The minimum Gasteiger partial charge on any atom is -0.370 e. The number of nitrogens with zero attached hydrogens (tertiary/aromatic N) is 4. The van der Waals surface area contributed by atoms with Crippen molar-refractivity contribution in [1.82, 2.24) is 20.1 Å². The number of hydrogen-bond acceptors (Lipinski definition) is 6. The minimum atomic E-state index is 0.731. The highest BCUT2D eigenvalue weighted by Gasteiger charge is 2.09. The van der Waals surface area contributed by atoms with Crippen molar-refractivity contribution >= 4 is 5.82 Å². The molecule has 0 bridgehead atoms. The first-order chi connectivity index (χ1) is 12.2. The van der Waals surface area contributed by atoms with Crippen LogP contribution in [-0.2, 0) is 12.8 Å². The molecule has 1 N–H and O–H groups in total. The molecule has 3 aromatic rings. The van der Waals surface area contributed by atoms with Gasteiger partial charge in [-0.25, -0.2) is 9.97 Å². The second kappa shape index (κ2) is 7.88. The number of aromatic nitrogens is 4. The van der Waals surface area contributed by atoms with Gasteiger partial charge in [-0.1, -0.05) is 12.1 Å². The van der Waals surface area contributed by atoms with Gasteiger partial charge in [0.05, 0.1) is 5.69 Å². The van der Waals surface area contributed by atoms with Gasteiger partial charge in [0.1, 0.15) is 11.6 Å². The third kappa shape index (κ3) is 4.21. The van der Waals surface area contributed by atoms with E-state index in [0.29, 0.717) is 0 Å². The van der Waals surface area contributed by atoms with Gasteiger partial charge in [0.25, 0.3) is 0 Å². The zero-order valence-corrected chi connectivity index (χ0v) is 14.9. The predicted molar refractivity (Wildman–Crippen MR) is 97.4 cm³/mol. The first-order valence-electron chi connectivity index (χ1n) is 8.61. The SMILES string of the molecule is CCc1cc(NCCCc2c(C)noc2C)nc(-c2ccncc2)n1. The number of hydrogen-bond donors (Lipinski definition) is 1. The normalized spacial score (nSPS) is 10.8. The van der Waals surface area contributed by atoms with Crippen molar-refractivity contribution in [1.29, 1.82) is 0 Å². The molecule has 0 atom stereocenters. The Labute approximate surface area is 147 Å². The Kier molecular flexibility index (Phi) is 5.38. The second-order valence-electron chi connectivity index (χ2n) is 5.99. The Bertz CT molecular complexity index is 810. The van der Waals surface area contributed by atoms with E-state index in [1.54, 1.807) is 12.4 Å². The molecule has 0 amide bonds. The lowest BCUT2D eigenvalue weighted by Gasteiger charge is -2.09. The average Bonchev–Trinajstić information content (AvgIpc) is 2.97. The lowest BCUT2D eigenvalue weighted by molar-refractivity contribution is 0.392. The fourth-order valence-electron chi connectivity index (χ4n) is 2.74. The van der Waals surface area contributed by atoms with Crippen molar-refractivity contribution in [3.05, 3.63) is 53.3 Å². The van der Waals surface area contributed by atoms with Gasteiger partial charge in [0.2, 0.25) is 0 Å². The molecule has 25 heavy (non-hydrogen) atoms. The number of rotatable bonds is 7. The third-order valence-electron chi connectivity index (χ3n) is 4.17. The summed E-state index contributed by atoms with van der Waals surface area (Å²) in [5.74, 6) is 2.50.